The number of hydrogen-bond acceptors (Lipinski definition) is 4. The first-order chi connectivity index (χ1) is 14.8. The van der Waals surface area contributed by atoms with Gasteiger partial charge >= 0.3 is 0 Å². The molecule has 0 bridgehead atoms. The van der Waals surface area contributed by atoms with E-state index in [-0.39, 0.29) is 0 Å². The van der Waals surface area contributed by atoms with E-state index in [0.29, 0.717) is 6.10 Å². The second kappa shape index (κ2) is 10.6. The van der Waals surface area contributed by atoms with Crippen LogP contribution in [0.4, 0.5) is 0 Å². The van der Waals surface area contributed by atoms with Crippen LogP contribution in [0.2, 0.25) is 0 Å². The third kappa shape index (κ3) is 6.08. The lowest BCUT2D eigenvalue weighted by Gasteiger charge is -2.31. The Balaban J connectivity index is 1.18. The van der Waals surface area contributed by atoms with Crippen LogP contribution in [-0.2, 0) is 6.54 Å². The molecule has 158 valence electrons. The highest BCUT2D eigenvalue weighted by molar-refractivity contribution is 5.31. The van der Waals surface area contributed by atoms with Gasteiger partial charge in [0.15, 0.2) is 0 Å². The molecule has 1 saturated heterocycles. The van der Waals surface area contributed by atoms with Crippen molar-refractivity contribution in [1.29, 1.82) is 5.26 Å². The normalized spacial score (nSPS) is 25.2. The molecule has 1 atom stereocenters. The molecule has 4 heteroatoms. The summed E-state index contributed by atoms with van der Waals surface area (Å²) >= 11 is 0. The first-order valence-corrected chi connectivity index (χ1v) is 11.5. The minimum absolute atomic E-state index is 0.388. The van der Waals surface area contributed by atoms with Crippen LogP contribution in [0.5, 0.6) is 5.75 Å². The summed E-state index contributed by atoms with van der Waals surface area (Å²) in [7, 11) is 0. The van der Waals surface area contributed by atoms with Crippen LogP contribution >= 0.6 is 0 Å². The molecule has 1 unspecified atom stereocenters. The largest absolute Gasteiger partial charge is 0.490 e. The van der Waals surface area contributed by atoms with Crippen LogP contribution in [-0.4, -0.2) is 24.2 Å². The molecule has 2 aliphatic rings. The number of nitriles is 1. The van der Waals surface area contributed by atoms with Crippen molar-refractivity contribution in [2.24, 2.45) is 11.8 Å². The van der Waals surface area contributed by atoms with Crippen molar-refractivity contribution < 1.29 is 4.74 Å². The van der Waals surface area contributed by atoms with Crippen LogP contribution in [0.3, 0.4) is 0 Å². The number of rotatable bonds is 6. The zero-order valence-electron chi connectivity index (χ0n) is 17.8. The number of ether oxygens (including phenoxy) is 1. The molecule has 1 saturated carbocycles. The standard InChI is InChI=1S/C26H33N3O/c27-18-22-8-10-23(11-9-22)20-29-16-4-5-24(19-28-29)17-21-12-14-26(15-13-21)30-25-6-2-1-3-7-25/h1-3,6-11,21,24,26,28H,4-5,12-17,19-20H2. The van der Waals surface area contributed by atoms with Gasteiger partial charge in [-0.1, -0.05) is 30.3 Å². The maximum Gasteiger partial charge on any atom is 0.119 e. The van der Waals surface area contributed by atoms with Crippen LogP contribution < -0.4 is 10.2 Å². The minimum atomic E-state index is 0.388. The van der Waals surface area contributed by atoms with Crippen molar-refractivity contribution in [3.63, 3.8) is 0 Å². The number of para-hydroxylation sites is 1. The average Bonchev–Trinajstić information content (AvgIpc) is 3.01. The second-order valence-electron chi connectivity index (χ2n) is 8.91. The molecule has 0 amide bonds. The van der Waals surface area contributed by atoms with Crippen molar-refractivity contribution in [1.82, 2.24) is 10.4 Å². The minimum Gasteiger partial charge on any atom is -0.490 e. The van der Waals surface area contributed by atoms with Gasteiger partial charge in [0.05, 0.1) is 17.7 Å². The van der Waals surface area contributed by atoms with Gasteiger partial charge in [0.2, 0.25) is 0 Å². The van der Waals surface area contributed by atoms with Gasteiger partial charge in [-0.3, -0.25) is 5.43 Å². The Morgan fingerprint density at radius 1 is 0.933 bits per heavy atom. The monoisotopic (exact) mass is 403 g/mol. The SMILES string of the molecule is N#Cc1ccc(CN2CCCC(CC3CCC(Oc4ccccc4)CC3)CN2)cc1. The first-order valence-electron chi connectivity index (χ1n) is 11.5. The van der Waals surface area contributed by atoms with Crippen molar-refractivity contribution in [3.8, 4) is 11.8 Å². The molecule has 0 radical (unpaired) electrons. The lowest BCUT2D eigenvalue weighted by atomic mass is 9.80. The molecule has 1 aliphatic heterocycles. The van der Waals surface area contributed by atoms with E-state index in [1.165, 1.54) is 50.5 Å². The number of hydrogen-bond donors (Lipinski definition) is 1. The Hall–Kier alpha value is -2.35. The molecule has 4 rings (SSSR count). The van der Waals surface area contributed by atoms with Gasteiger partial charge in [0.1, 0.15) is 5.75 Å². The highest BCUT2D eigenvalue weighted by Gasteiger charge is 2.26. The summed E-state index contributed by atoms with van der Waals surface area (Å²) in [6.45, 7) is 3.07. The second-order valence-corrected chi connectivity index (χ2v) is 8.91. The molecule has 2 aromatic carbocycles. The van der Waals surface area contributed by atoms with Gasteiger partial charge in [-0.2, -0.15) is 5.26 Å². The van der Waals surface area contributed by atoms with Gasteiger partial charge in [-0.05, 0) is 86.6 Å². The summed E-state index contributed by atoms with van der Waals surface area (Å²) < 4.78 is 6.16. The third-order valence-electron chi connectivity index (χ3n) is 6.61. The Morgan fingerprint density at radius 2 is 1.70 bits per heavy atom. The fourth-order valence-electron chi connectivity index (χ4n) is 4.90. The van der Waals surface area contributed by atoms with Crippen LogP contribution in [0.15, 0.2) is 54.6 Å². The van der Waals surface area contributed by atoms with E-state index in [4.69, 9.17) is 10.00 Å². The number of benzene rings is 2. The number of nitrogens with zero attached hydrogens (tertiary/aromatic N) is 2. The quantitative estimate of drug-likeness (QED) is 0.711. The Labute approximate surface area is 180 Å². The highest BCUT2D eigenvalue weighted by atomic mass is 16.5. The van der Waals surface area contributed by atoms with Crippen molar-refractivity contribution in [2.45, 2.75) is 57.6 Å². The summed E-state index contributed by atoms with van der Waals surface area (Å²) in [4.78, 5) is 0. The summed E-state index contributed by atoms with van der Waals surface area (Å²) in [5.74, 6) is 2.63. The molecule has 30 heavy (non-hydrogen) atoms. The smallest absolute Gasteiger partial charge is 0.119 e. The third-order valence-corrected chi connectivity index (χ3v) is 6.61. The van der Waals surface area contributed by atoms with Gasteiger partial charge < -0.3 is 4.74 Å². The maximum absolute atomic E-state index is 8.95. The van der Waals surface area contributed by atoms with E-state index in [2.05, 4.69) is 40.8 Å². The molecule has 2 aromatic rings. The Morgan fingerprint density at radius 3 is 2.43 bits per heavy atom. The summed E-state index contributed by atoms with van der Waals surface area (Å²) in [5.41, 5.74) is 5.67. The van der Waals surface area contributed by atoms with Crippen LogP contribution in [0.25, 0.3) is 0 Å². The van der Waals surface area contributed by atoms with E-state index in [9.17, 15) is 0 Å². The fraction of sp³-hybridized carbons (Fsp3) is 0.500. The van der Waals surface area contributed by atoms with E-state index in [1.54, 1.807) is 0 Å². The first kappa shape index (κ1) is 20.9. The molecule has 2 fully saturated rings. The van der Waals surface area contributed by atoms with Gasteiger partial charge in [-0.15, -0.1) is 0 Å². The lowest BCUT2D eigenvalue weighted by Crippen LogP contribution is -2.38. The van der Waals surface area contributed by atoms with E-state index < -0.39 is 0 Å². The summed E-state index contributed by atoms with van der Waals surface area (Å²) in [6, 6.07) is 20.4. The number of nitrogens with one attached hydrogen (secondary N) is 1. The molecule has 0 spiro atoms. The molecule has 1 N–H and O–H groups in total. The molecular formula is C26H33N3O. The fourth-order valence-corrected chi connectivity index (χ4v) is 4.90. The van der Waals surface area contributed by atoms with Gasteiger partial charge in [0, 0.05) is 19.6 Å². The predicted molar refractivity (Wildman–Crippen MR) is 120 cm³/mol. The molecule has 4 nitrogen and oxygen atoms in total. The van der Waals surface area contributed by atoms with Crippen LogP contribution in [0.1, 0.15) is 56.1 Å². The molecule has 1 heterocycles. The maximum atomic E-state index is 8.95. The zero-order valence-corrected chi connectivity index (χ0v) is 17.8. The van der Waals surface area contributed by atoms with E-state index >= 15 is 0 Å². The predicted octanol–water partition coefficient (Wildman–Crippen LogP) is 5.30. The van der Waals surface area contributed by atoms with Gasteiger partial charge in [-0.25, -0.2) is 5.01 Å². The highest BCUT2D eigenvalue weighted by Crippen LogP contribution is 2.33. The molecular weight excluding hydrogens is 370 g/mol. The summed E-state index contributed by atoms with van der Waals surface area (Å²) in [6.07, 6.45) is 9.26. The van der Waals surface area contributed by atoms with Crippen molar-refractivity contribution in [2.75, 3.05) is 13.1 Å². The molecule has 0 aromatic heterocycles. The average molecular weight is 404 g/mol. The van der Waals surface area contributed by atoms with Crippen molar-refractivity contribution in [3.05, 3.63) is 65.7 Å². The van der Waals surface area contributed by atoms with E-state index in [0.717, 1.165) is 42.8 Å². The topological polar surface area (TPSA) is 48.3 Å². The summed E-state index contributed by atoms with van der Waals surface area (Å²) in [5, 5.41) is 11.3. The Bertz CT molecular complexity index is 806. The van der Waals surface area contributed by atoms with Crippen molar-refractivity contribution >= 4 is 0 Å². The number of hydrazine groups is 1. The Kier molecular flexibility index (Phi) is 7.39. The van der Waals surface area contributed by atoms with Crippen LogP contribution in [0, 0.1) is 23.2 Å². The molecule has 1 aliphatic carbocycles. The lowest BCUT2D eigenvalue weighted by molar-refractivity contribution is 0.120. The van der Waals surface area contributed by atoms with Gasteiger partial charge in [0.25, 0.3) is 0 Å². The van der Waals surface area contributed by atoms with E-state index in [1.807, 2.05) is 30.3 Å². The zero-order chi connectivity index (χ0) is 20.6.